The van der Waals surface area contributed by atoms with Crippen molar-refractivity contribution in [3.8, 4) is 5.75 Å². The van der Waals surface area contributed by atoms with Gasteiger partial charge in [-0.25, -0.2) is 0 Å². The van der Waals surface area contributed by atoms with Crippen LogP contribution in [0.5, 0.6) is 5.75 Å². The number of hydrogen-bond donors (Lipinski definition) is 1. The minimum Gasteiger partial charge on any atom is -0.493 e. The molecule has 1 atom stereocenters. The molecule has 1 amide bonds. The highest BCUT2D eigenvalue weighted by Gasteiger charge is 2.21. The quantitative estimate of drug-likeness (QED) is 0.875. The minimum absolute atomic E-state index is 0.0308. The molecule has 1 aliphatic rings. The van der Waals surface area contributed by atoms with Crippen LogP contribution in [0.2, 0.25) is 0 Å². The molecular formula is C17H19NO2S. The zero-order chi connectivity index (χ0) is 14.7. The topological polar surface area (TPSA) is 38.3 Å². The summed E-state index contributed by atoms with van der Waals surface area (Å²) in [6.07, 6.45) is 2.56. The maximum absolute atomic E-state index is 12.2. The van der Waals surface area contributed by atoms with Crippen LogP contribution >= 0.6 is 11.3 Å². The number of thiophene rings is 1. The minimum atomic E-state index is -0.0513. The molecular weight excluding hydrogens is 282 g/mol. The maximum atomic E-state index is 12.2. The first kappa shape index (κ1) is 14.1. The van der Waals surface area contributed by atoms with E-state index in [0.29, 0.717) is 5.56 Å². The Balaban J connectivity index is 1.56. The van der Waals surface area contributed by atoms with Crippen molar-refractivity contribution in [2.45, 2.75) is 25.8 Å². The van der Waals surface area contributed by atoms with E-state index in [9.17, 15) is 4.79 Å². The molecule has 1 aliphatic carbocycles. The predicted molar refractivity (Wildman–Crippen MR) is 84.9 cm³/mol. The third kappa shape index (κ3) is 3.85. The van der Waals surface area contributed by atoms with E-state index in [1.54, 1.807) is 11.3 Å². The molecule has 1 saturated carbocycles. The molecule has 3 rings (SSSR count). The number of carbonyl (C=O) groups is 1. The Hall–Kier alpha value is -1.81. The first-order valence-corrected chi connectivity index (χ1v) is 8.17. The fourth-order valence-corrected chi connectivity index (χ4v) is 2.82. The normalized spacial score (nSPS) is 15.5. The molecule has 3 nitrogen and oxygen atoms in total. The lowest BCUT2D eigenvalue weighted by Crippen LogP contribution is -2.26. The summed E-state index contributed by atoms with van der Waals surface area (Å²) < 4.78 is 5.67. The van der Waals surface area contributed by atoms with Crippen molar-refractivity contribution in [1.82, 2.24) is 5.32 Å². The third-order valence-electron chi connectivity index (χ3n) is 3.62. The summed E-state index contributed by atoms with van der Waals surface area (Å²) in [5.74, 6) is 1.52. The van der Waals surface area contributed by atoms with Gasteiger partial charge in [-0.1, -0.05) is 6.07 Å². The van der Waals surface area contributed by atoms with Crippen LogP contribution < -0.4 is 10.1 Å². The van der Waals surface area contributed by atoms with Crippen LogP contribution in [0.1, 0.15) is 41.0 Å². The van der Waals surface area contributed by atoms with E-state index in [0.717, 1.165) is 23.2 Å². The number of carbonyl (C=O) groups excluding carboxylic acids is 1. The highest BCUT2D eigenvalue weighted by Crippen LogP contribution is 2.29. The van der Waals surface area contributed by atoms with Gasteiger partial charge >= 0.3 is 0 Å². The lowest BCUT2D eigenvalue weighted by Gasteiger charge is -2.12. The van der Waals surface area contributed by atoms with Crippen LogP contribution in [0, 0.1) is 5.92 Å². The standard InChI is InChI=1S/C17H19NO2S/c1-12(16-3-2-10-21-16)18-17(19)14-6-8-15(9-7-14)20-11-13-4-5-13/h2-3,6-10,12-13H,4-5,11H2,1H3,(H,18,19)/t12-/m1/s1. The molecule has 1 fully saturated rings. The van der Waals surface area contributed by atoms with Crippen molar-refractivity contribution in [3.63, 3.8) is 0 Å². The summed E-state index contributed by atoms with van der Waals surface area (Å²) in [5, 5.41) is 5.03. The molecule has 110 valence electrons. The van der Waals surface area contributed by atoms with E-state index < -0.39 is 0 Å². The van der Waals surface area contributed by atoms with Crippen molar-refractivity contribution in [2.75, 3.05) is 6.61 Å². The molecule has 4 heteroatoms. The molecule has 1 aromatic heterocycles. The van der Waals surface area contributed by atoms with E-state index in [1.807, 2.05) is 48.7 Å². The van der Waals surface area contributed by atoms with Gasteiger partial charge in [0.05, 0.1) is 12.6 Å². The summed E-state index contributed by atoms with van der Waals surface area (Å²) in [7, 11) is 0. The molecule has 1 aromatic carbocycles. The molecule has 1 heterocycles. The summed E-state index contributed by atoms with van der Waals surface area (Å²) >= 11 is 1.65. The molecule has 0 saturated heterocycles. The van der Waals surface area contributed by atoms with Crippen LogP contribution in [-0.4, -0.2) is 12.5 Å². The molecule has 0 unspecified atom stereocenters. The highest BCUT2D eigenvalue weighted by molar-refractivity contribution is 7.10. The molecule has 21 heavy (non-hydrogen) atoms. The monoisotopic (exact) mass is 301 g/mol. The smallest absolute Gasteiger partial charge is 0.251 e. The van der Waals surface area contributed by atoms with Gasteiger partial charge < -0.3 is 10.1 Å². The van der Waals surface area contributed by atoms with Crippen LogP contribution in [0.25, 0.3) is 0 Å². The van der Waals surface area contributed by atoms with Crippen molar-refractivity contribution in [1.29, 1.82) is 0 Å². The first-order chi connectivity index (χ1) is 10.2. The van der Waals surface area contributed by atoms with Crippen LogP contribution in [0.15, 0.2) is 41.8 Å². The second kappa shape index (κ2) is 6.31. The largest absolute Gasteiger partial charge is 0.493 e. The van der Waals surface area contributed by atoms with E-state index >= 15 is 0 Å². The lowest BCUT2D eigenvalue weighted by molar-refractivity contribution is 0.0940. The highest BCUT2D eigenvalue weighted by atomic mass is 32.1. The third-order valence-corrected chi connectivity index (χ3v) is 4.67. The van der Waals surface area contributed by atoms with Gasteiger partial charge in [0.25, 0.3) is 5.91 Å². The van der Waals surface area contributed by atoms with Gasteiger partial charge in [-0.3, -0.25) is 4.79 Å². The molecule has 0 aliphatic heterocycles. The van der Waals surface area contributed by atoms with Crippen molar-refractivity contribution < 1.29 is 9.53 Å². The number of amides is 1. The summed E-state index contributed by atoms with van der Waals surface area (Å²) in [4.78, 5) is 13.4. The Labute approximate surface area is 129 Å². The first-order valence-electron chi connectivity index (χ1n) is 7.29. The van der Waals surface area contributed by atoms with E-state index in [1.165, 1.54) is 12.8 Å². The van der Waals surface area contributed by atoms with Crippen molar-refractivity contribution in [3.05, 3.63) is 52.2 Å². The second-order valence-corrected chi connectivity index (χ2v) is 6.47. The summed E-state index contributed by atoms with van der Waals surface area (Å²) in [5.41, 5.74) is 0.664. The Bertz CT molecular complexity index is 588. The maximum Gasteiger partial charge on any atom is 0.251 e. The second-order valence-electron chi connectivity index (χ2n) is 5.49. The van der Waals surface area contributed by atoms with Crippen LogP contribution in [0.3, 0.4) is 0 Å². The molecule has 0 bridgehead atoms. The molecule has 0 radical (unpaired) electrons. The van der Waals surface area contributed by atoms with Gasteiger partial charge in [0.2, 0.25) is 0 Å². The number of rotatable bonds is 6. The number of benzene rings is 1. The van der Waals surface area contributed by atoms with E-state index in [-0.39, 0.29) is 11.9 Å². The van der Waals surface area contributed by atoms with E-state index in [2.05, 4.69) is 5.32 Å². The Kier molecular flexibility index (Phi) is 4.25. The molecule has 2 aromatic rings. The zero-order valence-corrected chi connectivity index (χ0v) is 12.9. The Morgan fingerprint density at radius 2 is 2.10 bits per heavy atom. The van der Waals surface area contributed by atoms with Gasteiger partial charge in [-0.05, 0) is 61.4 Å². The average molecular weight is 301 g/mol. The molecule has 0 spiro atoms. The van der Waals surface area contributed by atoms with Crippen LogP contribution in [-0.2, 0) is 0 Å². The van der Waals surface area contributed by atoms with Crippen molar-refractivity contribution in [2.24, 2.45) is 5.92 Å². The summed E-state index contributed by atoms with van der Waals surface area (Å²) in [6.45, 7) is 2.79. The van der Waals surface area contributed by atoms with Gasteiger partial charge in [-0.15, -0.1) is 11.3 Å². The van der Waals surface area contributed by atoms with Gasteiger partial charge in [-0.2, -0.15) is 0 Å². The number of hydrogen-bond acceptors (Lipinski definition) is 3. The van der Waals surface area contributed by atoms with Gasteiger partial charge in [0, 0.05) is 10.4 Å². The fourth-order valence-electron chi connectivity index (χ4n) is 2.09. The predicted octanol–water partition coefficient (Wildman–Crippen LogP) is 4.03. The zero-order valence-electron chi connectivity index (χ0n) is 12.0. The average Bonchev–Trinajstić information content (AvgIpc) is 3.16. The number of ether oxygens (including phenoxy) is 1. The number of nitrogens with one attached hydrogen (secondary N) is 1. The van der Waals surface area contributed by atoms with Crippen LogP contribution in [0.4, 0.5) is 0 Å². The Morgan fingerprint density at radius 1 is 1.33 bits per heavy atom. The Morgan fingerprint density at radius 3 is 2.71 bits per heavy atom. The fraction of sp³-hybridized carbons (Fsp3) is 0.353. The SMILES string of the molecule is C[C@@H](NC(=O)c1ccc(OCC2CC2)cc1)c1cccs1. The van der Waals surface area contributed by atoms with Crippen molar-refractivity contribution >= 4 is 17.2 Å². The van der Waals surface area contributed by atoms with Gasteiger partial charge in [0.1, 0.15) is 5.75 Å². The van der Waals surface area contributed by atoms with Gasteiger partial charge in [0.15, 0.2) is 0 Å². The molecule has 1 N–H and O–H groups in total. The summed E-state index contributed by atoms with van der Waals surface area (Å²) in [6, 6.07) is 11.4. The lowest BCUT2D eigenvalue weighted by atomic mass is 10.2. The van der Waals surface area contributed by atoms with E-state index in [4.69, 9.17) is 4.74 Å².